The van der Waals surface area contributed by atoms with Crippen LogP contribution in [0.25, 0.3) is 5.65 Å². The van der Waals surface area contributed by atoms with Crippen LogP contribution < -0.4 is 5.32 Å². The van der Waals surface area contributed by atoms with Crippen molar-refractivity contribution in [2.24, 2.45) is 5.92 Å². The number of tetrazole rings is 1. The summed E-state index contributed by atoms with van der Waals surface area (Å²) in [7, 11) is 0. The third-order valence-electron chi connectivity index (χ3n) is 2.95. The fourth-order valence-electron chi connectivity index (χ4n) is 1.96. The average Bonchev–Trinajstić information content (AvgIpc) is 2.98. The standard InChI is InChI=1S/C10H14N6O/c1-2-10-12-14-15-16(10)13-9(1)11-5-3-8-4-6-17-7-8/h1-2,8H,3-7H2,(H,11,13). The summed E-state index contributed by atoms with van der Waals surface area (Å²) < 4.78 is 6.75. The fraction of sp³-hybridized carbons (Fsp3) is 0.600. The van der Waals surface area contributed by atoms with Crippen LogP contribution in [0, 0.1) is 5.92 Å². The molecule has 90 valence electrons. The normalized spacial score (nSPS) is 19.9. The lowest BCUT2D eigenvalue weighted by molar-refractivity contribution is 0.185. The molecule has 1 aliphatic heterocycles. The monoisotopic (exact) mass is 234 g/mol. The number of hydrogen-bond acceptors (Lipinski definition) is 6. The van der Waals surface area contributed by atoms with E-state index in [0.717, 1.165) is 32.0 Å². The quantitative estimate of drug-likeness (QED) is 0.823. The summed E-state index contributed by atoms with van der Waals surface area (Å²) in [5.74, 6) is 1.47. The Morgan fingerprint density at radius 3 is 3.35 bits per heavy atom. The van der Waals surface area contributed by atoms with Gasteiger partial charge in [0.2, 0.25) is 0 Å². The molecule has 1 aliphatic rings. The number of nitrogens with zero attached hydrogens (tertiary/aromatic N) is 5. The van der Waals surface area contributed by atoms with Crippen LogP contribution in [0.4, 0.5) is 5.82 Å². The van der Waals surface area contributed by atoms with E-state index in [9.17, 15) is 0 Å². The van der Waals surface area contributed by atoms with Crippen LogP contribution in [0.2, 0.25) is 0 Å². The average molecular weight is 234 g/mol. The van der Waals surface area contributed by atoms with Gasteiger partial charge in [-0.1, -0.05) is 0 Å². The number of fused-ring (bicyclic) bond motifs is 1. The van der Waals surface area contributed by atoms with Gasteiger partial charge in [0, 0.05) is 19.8 Å². The summed E-state index contributed by atoms with van der Waals surface area (Å²) in [6.45, 7) is 2.69. The zero-order valence-electron chi connectivity index (χ0n) is 9.41. The molecule has 2 aromatic rings. The maximum Gasteiger partial charge on any atom is 0.200 e. The highest BCUT2D eigenvalue weighted by Crippen LogP contribution is 2.16. The van der Waals surface area contributed by atoms with Gasteiger partial charge in [-0.25, -0.2) is 0 Å². The second-order valence-electron chi connectivity index (χ2n) is 4.19. The Labute approximate surface area is 98.1 Å². The van der Waals surface area contributed by atoms with Crippen molar-refractivity contribution in [3.63, 3.8) is 0 Å². The molecule has 0 aliphatic carbocycles. The largest absolute Gasteiger partial charge is 0.381 e. The fourth-order valence-corrected chi connectivity index (χ4v) is 1.96. The lowest BCUT2D eigenvalue weighted by atomic mass is 10.1. The smallest absolute Gasteiger partial charge is 0.200 e. The maximum absolute atomic E-state index is 5.33. The van der Waals surface area contributed by atoms with Gasteiger partial charge in [-0.05, 0) is 41.3 Å². The summed E-state index contributed by atoms with van der Waals surface area (Å²) in [6.07, 6.45) is 2.27. The molecule has 0 aromatic carbocycles. The molecule has 0 radical (unpaired) electrons. The molecular weight excluding hydrogens is 220 g/mol. The van der Waals surface area contributed by atoms with Gasteiger partial charge < -0.3 is 10.1 Å². The van der Waals surface area contributed by atoms with E-state index in [0.29, 0.717) is 11.6 Å². The van der Waals surface area contributed by atoms with E-state index in [4.69, 9.17) is 4.74 Å². The molecule has 0 saturated carbocycles. The summed E-state index contributed by atoms with van der Waals surface area (Å²) >= 11 is 0. The zero-order chi connectivity index (χ0) is 11.5. The van der Waals surface area contributed by atoms with Gasteiger partial charge in [0.15, 0.2) is 5.65 Å². The Morgan fingerprint density at radius 1 is 1.47 bits per heavy atom. The minimum Gasteiger partial charge on any atom is -0.381 e. The Balaban J connectivity index is 1.56. The lowest BCUT2D eigenvalue weighted by Gasteiger charge is -2.08. The molecule has 1 saturated heterocycles. The Kier molecular flexibility index (Phi) is 2.83. The van der Waals surface area contributed by atoms with E-state index in [-0.39, 0.29) is 0 Å². The van der Waals surface area contributed by atoms with Crippen molar-refractivity contribution in [1.29, 1.82) is 0 Å². The molecule has 3 heterocycles. The Morgan fingerprint density at radius 2 is 2.47 bits per heavy atom. The first kappa shape index (κ1) is 10.4. The second-order valence-corrected chi connectivity index (χ2v) is 4.19. The third kappa shape index (κ3) is 2.33. The van der Waals surface area contributed by atoms with E-state index in [1.54, 1.807) is 0 Å². The summed E-state index contributed by atoms with van der Waals surface area (Å²) in [6, 6.07) is 3.73. The second kappa shape index (κ2) is 4.62. The third-order valence-corrected chi connectivity index (χ3v) is 2.95. The Hall–Kier alpha value is -1.76. The van der Waals surface area contributed by atoms with E-state index in [1.165, 1.54) is 11.1 Å². The van der Waals surface area contributed by atoms with Gasteiger partial charge in [0.25, 0.3) is 0 Å². The molecule has 2 aromatic heterocycles. The summed E-state index contributed by atoms with van der Waals surface area (Å²) in [5.41, 5.74) is 0.653. The molecule has 0 bridgehead atoms. The molecule has 17 heavy (non-hydrogen) atoms. The molecule has 0 amide bonds. The number of nitrogens with one attached hydrogen (secondary N) is 1. The molecule has 7 nitrogen and oxygen atoms in total. The summed E-state index contributed by atoms with van der Waals surface area (Å²) in [4.78, 5) is 0. The van der Waals surface area contributed by atoms with Gasteiger partial charge in [0.05, 0.1) is 0 Å². The van der Waals surface area contributed by atoms with Crippen molar-refractivity contribution in [2.75, 3.05) is 25.1 Å². The number of hydrogen-bond donors (Lipinski definition) is 1. The van der Waals surface area contributed by atoms with Crippen LogP contribution in [-0.4, -0.2) is 45.0 Å². The summed E-state index contributed by atoms with van der Waals surface area (Å²) in [5, 5.41) is 18.6. The van der Waals surface area contributed by atoms with E-state index in [1.807, 2.05) is 12.1 Å². The molecule has 3 rings (SSSR count). The molecule has 0 spiro atoms. The van der Waals surface area contributed by atoms with Crippen molar-refractivity contribution in [3.05, 3.63) is 12.1 Å². The van der Waals surface area contributed by atoms with Crippen molar-refractivity contribution in [1.82, 2.24) is 25.3 Å². The van der Waals surface area contributed by atoms with Gasteiger partial charge in [0.1, 0.15) is 5.82 Å². The van der Waals surface area contributed by atoms with E-state index >= 15 is 0 Å². The minimum atomic E-state index is 0.653. The first-order valence-corrected chi connectivity index (χ1v) is 5.79. The maximum atomic E-state index is 5.33. The SMILES string of the molecule is c1cc2nnnn2nc1NCCC1CCOC1. The highest BCUT2D eigenvalue weighted by molar-refractivity contribution is 5.41. The van der Waals surface area contributed by atoms with E-state index in [2.05, 4.69) is 25.9 Å². The number of aromatic nitrogens is 5. The highest BCUT2D eigenvalue weighted by atomic mass is 16.5. The zero-order valence-corrected chi connectivity index (χ0v) is 9.41. The van der Waals surface area contributed by atoms with Gasteiger partial charge in [-0.3, -0.25) is 0 Å². The number of ether oxygens (including phenoxy) is 1. The van der Waals surface area contributed by atoms with Gasteiger partial charge in [-0.2, -0.15) is 0 Å². The van der Waals surface area contributed by atoms with E-state index < -0.39 is 0 Å². The Bertz CT molecular complexity index is 492. The van der Waals surface area contributed by atoms with Crippen molar-refractivity contribution >= 4 is 11.5 Å². The molecular formula is C10H14N6O. The molecule has 1 fully saturated rings. The van der Waals surface area contributed by atoms with Crippen LogP contribution in [0.15, 0.2) is 12.1 Å². The minimum absolute atomic E-state index is 0.653. The molecule has 1 N–H and O–H groups in total. The van der Waals surface area contributed by atoms with Crippen LogP contribution in [0.5, 0.6) is 0 Å². The van der Waals surface area contributed by atoms with Crippen molar-refractivity contribution in [2.45, 2.75) is 12.8 Å². The van der Waals surface area contributed by atoms with Crippen molar-refractivity contribution < 1.29 is 4.74 Å². The first-order chi connectivity index (χ1) is 8.42. The number of rotatable bonds is 4. The highest BCUT2D eigenvalue weighted by Gasteiger charge is 2.14. The van der Waals surface area contributed by atoms with Crippen LogP contribution in [-0.2, 0) is 4.74 Å². The predicted octanol–water partition coefficient (Wildman–Crippen LogP) is 0.358. The molecule has 1 atom stereocenters. The molecule has 1 unspecified atom stereocenters. The molecule has 7 heteroatoms. The lowest BCUT2D eigenvalue weighted by Crippen LogP contribution is -2.11. The topological polar surface area (TPSA) is 77.2 Å². The van der Waals surface area contributed by atoms with Crippen molar-refractivity contribution in [3.8, 4) is 0 Å². The first-order valence-electron chi connectivity index (χ1n) is 5.79. The van der Waals surface area contributed by atoms with Gasteiger partial charge in [-0.15, -0.1) is 14.8 Å². The van der Waals surface area contributed by atoms with Crippen LogP contribution in [0.1, 0.15) is 12.8 Å². The number of anilines is 1. The predicted molar refractivity (Wildman–Crippen MR) is 60.6 cm³/mol. The van der Waals surface area contributed by atoms with Crippen LogP contribution >= 0.6 is 0 Å². The van der Waals surface area contributed by atoms with Crippen LogP contribution in [0.3, 0.4) is 0 Å². The van der Waals surface area contributed by atoms with Gasteiger partial charge >= 0.3 is 0 Å².